The molecule has 0 aliphatic heterocycles. The van der Waals surface area contributed by atoms with Crippen molar-refractivity contribution >= 4 is 16.9 Å². The summed E-state index contributed by atoms with van der Waals surface area (Å²) in [6.45, 7) is 2.67. The Morgan fingerprint density at radius 3 is 3.07 bits per heavy atom. The van der Waals surface area contributed by atoms with E-state index in [4.69, 9.17) is 5.73 Å². The second kappa shape index (κ2) is 3.86. The Morgan fingerprint density at radius 1 is 1.53 bits per heavy atom. The van der Waals surface area contributed by atoms with Gasteiger partial charge in [-0.3, -0.25) is 4.68 Å². The van der Waals surface area contributed by atoms with E-state index in [0.717, 1.165) is 23.4 Å². The van der Waals surface area contributed by atoms with Crippen LogP contribution in [0.4, 0.5) is 5.82 Å². The normalized spacial score (nSPS) is 13.0. The smallest absolute Gasteiger partial charge is 0.159 e. The highest BCUT2D eigenvalue weighted by Crippen LogP contribution is 2.13. The van der Waals surface area contributed by atoms with Crippen LogP contribution < -0.4 is 11.1 Å². The van der Waals surface area contributed by atoms with Crippen LogP contribution in [0.5, 0.6) is 0 Å². The van der Waals surface area contributed by atoms with E-state index >= 15 is 0 Å². The topological polar surface area (TPSA) is 68.8 Å². The highest BCUT2D eigenvalue weighted by molar-refractivity contribution is 5.76. The van der Waals surface area contributed by atoms with E-state index in [1.165, 1.54) is 0 Å². The first-order valence-electron chi connectivity index (χ1n) is 4.95. The zero-order valence-electron chi connectivity index (χ0n) is 8.94. The summed E-state index contributed by atoms with van der Waals surface area (Å²) in [5.74, 6) is 0.836. The number of nitrogens with two attached hydrogens (primary N) is 1. The van der Waals surface area contributed by atoms with E-state index < -0.39 is 0 Å². The predicted molar refractivity (Wildman–Crippen MR) is 60.6 cm³/mol. The molecule has 3 N–H and O–H groups in total. The first kappa shape index (κ1) is 9.92. The molecule has 5 heteroatoms. The number of aryl methyl sites for hydroxylation is 1. The maximum absolute atomic E-state index is 5.65. The lowest BCUT2D eigenvalue weighted by molar-refractivity contribution is 0.772. The van der Waals surface area contributed by atoms with Crippen LogP contribution in [0.15, 0.2) is 18.3 Å². The van der Waals surface area contributed by atoms with E-state index in [2.05, 4.69) is 15.4 Å². The summed E-state index contributed by atoms with van der Waals surface area (Å²) in [5.41, 5.74) is 6.53. The summed E-state index contributed by atoms with van der Waals surface area (Å²) in [6.07, 6.45) is 1.80. The third-order valence-electron chi connectivity index (χ3n) is 2.19. The van der Waals surface area contributed by atoms with Crippen molar-refractivity contribution in [3.8, 4) is 0 Å². The summed E-state index contributed by atoms with van der Waals surface area (Å²) < 4.78 is 1.76. The van der Waals surface area contributed by atoms with Crippen molar-refractivity contribution < 1.29 is 0 Å². The molecule has 0 saturated heterocycles. The fourth-order valence-electron chi connectivity index (χ4n) is 1.39. The maximum atomic E-state index is 5.65. The Labute approximate surface area is 88.3 Å². The molecular weight excluding hydrogens is 190 g/mol. The van der Waals surface area contributed by atoms with E-state index in [0.29, 0.717) is 0 Å². The molecule has 1 unspecified atom stereocenters. The Morgan fingerprint density at radius 2 is 2.33 bits per heavy atom. The lowest BCUT2D eigenvalue weighted by atomic mass is 10.3. The Kier molecular flexibility index (Phi) is 2.55. The molecule has 2 aromatic rings. The number of nitrogens with one attached hydrogen (secondary N) is 1. The van der Waals surface area contributed by atoms with Gasteiger partial charge in [-0.25, -0.2) is 4.98 Å². The van der Waals surface area contributed by atoms with Gasteiger partial charge in [-0.1, -0.05) is 0 Å². The number of anilines is 1. The van der Waals surface area contributed by atoms with E-state index in [-0.39, 0.29) is 6.04 Å². The molecule has 0 fully saturated rings. The van der Waals surface area contributed by atoms with Gasteiger partial charge in [0.05, 0.1) is 6.20 Å². The van der Waals surface area contributed by atoms with Crippen LogP contribution >= 0.6 is 0 Å². The number of pyridine rings is 1. The van der Waals surface area contributed by atoms with Crippen LogP contribution in [0.2, 0.25) is 0 Å². The maximum Gasteiger partial charge on any atom is 0.159 e. The van der Waals surface area contributed by atoms with Crippen LogP contribution in [0.25, 0.3) is 11.0 Å². The third kappa shape index (κ3) is 2.07. The van der Waals surface area contributed by atoms with Gasteiger partial charge in [0.25, 0.3) is 0 Å². The molecule has 0 aliphatic rings. The quantitative estimate of drug-likeness (QED) is 0.775. The second-order valence-electron chi connectivity index (χ2n) is 3.74. The number of hydrogen-bond donors (Lipinski definition) is 2. The van der Waals surface area contributed by atoms with Crippen molar-refractivity contribution in [2.45, 2.75) is 13.0 Å². The molecule has 0 saturated carbocycles. The van der Waals surface area contributed by atoms with Crippen LogP contribution in [0, 0.1) is 0 Å². The highest BCUT2D eigenvalue weighted by Gasteiger charge is 2.02. The molecule has 0 bridgehead atoms. The van der Waals surface area contributed by atoms with Crippen molar-refractivity contribution in [3.05, 3.63) is 18.3 Å². The minimum absolute atomic E-state index is 0.119. The first-order chi connectivity index (χ1) is 7.16. The third-order valence-corrected chi connectivity index (χ3v) is 2.19. The van der Waals surface area contributed by atoms with Gasteiger partial charge in [0, 0.05) is 25.0 Å². The molecule has 0 aromatic carbocycles. The molecule has 2 aromatic heterocycles. The van der Waals surface area contributed by atoms with Gasteiger partial charge in [0.2, 0.25) is 0 Å². The fraction of sp³-hybridized carbons (Fsp3) is 0.400. The minimum atomic E-state index is 0.119. The molecule has 0 spiro atoms. The summed E-state index contributed by atoms with van der Waals surface area (Å²) in [5, 5.41) is 8.36. The van der Waals surface area contributed by atoms with E-state index in [1.807, 2.05) is 26.1 Å². The predicted octanol–water partition coefficient (Wildman–Crippen LogP) is 0.727. The minimum Gasteiger partial charge on any atom is -0.368 e. The Balaban J connectivity index is 2.25. The number of hydrogen-bond acceptors (Lipinski definition) is 4. The molecule has 2 heterocycles. The molecule has 0 radical (unpaired) electrons. The van der Waals surface area contributed by atoms with Crippen LogP contribution in [-0.2, 0) is 7.05 Å². The molecule has 80 valence electrons. The summed E-state index contributed by atoms with van der Waals surface area (Å²) in [6, 6.07) is 4.06. The fourth-order valence-corrected chi connectivity index (χ4v) is 1.39. The SMILES string of the molecule is CC(N)CNc1ccc2cnn(C)c2n1. The monoisotopic (exact) mass is 205 g/mol. The molecule has 1 atom stereocenters. The lowest BCUT2D eigenvalue weighted by Gasteiger charge is -2.07. The van der Waals surface area contributed by atoms with Gasteiger partial charge in [-0.2, -0.15) is 5.10 Å². The Bertz CT molecular complexity index is 460. The molecule has 15 heavy (non-hydrogen) atoms. The number of rotatable bonds is 3. The molecule has 0 aliphatic carbocycles. The number of nitrogens with zero attached hydrogens (tertiary/aromatic N) is 3. The van der Waals surface area contributed by atoms with Gasteiger partial charge in [0.1, 0.15) is 5.82 Å². The summed E-state index contributed by atoms with van der Waals surface area (Å²) in [7, 11) is 1.88. The Hall–Kier alpha value is -1.62. The van der Waals surface area contributed by atoms with E-state index in [9.17, 15) is 0 Å². The van der Waals surface area contributed by atoms with Gasteiger partial charge >= 0.3 is 0 Å². The van der Waals surface area contributed by atoms with Crippen LogP contribution in [0.1, 0.15) is 6.92 Å². The van der Waals surface area contributed by atoms with Crippen molar-refractivity contribution in [3.63, 3.8) is 0 Å². The molecule has 0 amide bonds. The van der Waals surface area contributed by atoms with Crippen molar-refractivity contribution in [1.29, 1.82) is 0 Å². The average molecular weight is 205 g/mol. The van der Waals surface area contributed by atoms with E-state index in [1.54, 1.807) is 10.9 Å². The van der Waals surface area contributed by atoms with Crippen LogP contribution in [0.3, 0.4) is 0 Å². The largest absolute Gasteiger partial charge is 0.368 e. The van der Waals surface area contributed by atoms with Crippen molar-refractivity contribution in [2.24, 2.45) is 12.8 Å². The van der Waals surface area contributed by atoms with Gasteiger partial charge < -0.3 is 11.1 Å². The number of fused-ring (bicyclic) bond motifs is 1. The zero-order chi connectivity index (χ0) is 10.8. The standard InChI is InChI=1S/C10H15N5/c1-7(11)5-12-9-4-3-8-6-13-15(2)10(8)14-9/h3-4,6-7H,5,11H2,1-2H3,(H,12,14). The van der Waals surface area contributed by atoms with Gasteiger partial charge in [-0.05, 0) is 19.1 Å². The second-order valence-corrected chi connectivity index (χ2v) is 3.74. The first-order valence-corrected chi connectivity index (χ1v) is 4.95. The highest BCUT2D eigenvalue weighted by atomic mass is 15.3. The van der Waals surface area contributed by atoms with Gasteiger partial charge in [-0.15, -0.1) is 0 Å². The molecule has 5 nitrogen and oxygen atoms in total. The van der Waals surface area contributed by atoms with Crippen molar-refractivity contribution in [1.82, 2.24) is 14.8 Å². The number of aromatic nitrogens is 3. The molecule has 2 rings (SSSR count). The summed E-state index contributed by atoms with van der Waals surface area (Å²) >= 11 is 0. The zero-order valence-corrected chi connectivity index (χ0v) is 8.94. The van der Waals surface area contributed by atoms with Crippen LogP contribution in [-0.4, -0.2) is 27.4 Å². The van der Waals surface area contributed by atoms with Gasteiger partial charge in [0.15, 0.2) is 5.65 Å². The average Bonchev–Trinajstić information content (AvgIpc) is 2.57. The van der Waals surface area contributed by atoms with Crippen molar-refractivity contribution in [2.75, 3.05) is 11.9 Å². The lowest BCUT2D eigenvalue weighted by Crippen LogP contribution is -2.25. The summed E-state index contributed by atoms with van der Waals surface area (Å²) in [4.78, 5) is 4.44. The molecular formula is C10H15N5.